The van der Waals surface area contributed by atoms with E-state index in [0.717, 1.165) is 11.4 Å². The first-order valence-electron chi connectivity index (χ1n) is 3.97. The molecule has 2 aromatic rings. The summed E-state index contributed by atoms with van der Waals surface area (Å²) in [5.74, 6) is 0.654. The third-order valence-corrected chi connectivity index (χ3v) is 1.69. The molecular formula is C9H9N3O. The van der Waals surface area contributed by atoms with Crippen LogP contribution in [-0.2, 0) is 6.54 Å². The Bertz CT molecular complexity index is 383. The van der Waals surface area contributed by atoms with Crippen molar-refractivity contribution >= 4 is 0 Å². The molecule has 4 nitrogen and oxygen atoms in total. The summed E-state index contributed by atoms with van der Waals surface area (Å²) in [4.78, 5) is 4.12. The lowest BCUT2D eigenvalue weighted by Crippen LogP contribution is -1.94. The van der Waals surface area contributed by atoms with Gasteiger partial charge >= 0.3 is 0 Å². The van der Waals surface area contributed by atoms with Gasteiger partial charge in [-0.1, -0.05) is 11.2 Å². The predicted molar refractivity (Wildman–Crippen MR) is 47.6 cm³/mol. The predicted octanol–water partition coefficient (Wildman–Crippen LogP) is 1.20. The number of rotatable bonds is 2. The Labute approximate surface area is 75.4 Å². The largest absolute Gasteiger partial charge is 0.354 e. The van der Waals surface area contributed by atoms with Crippen LogP contribution < -0.4 is 5.73 Å². The molecule has 0 unspecified atom stereocenters. The molecule has 0 amide bonds. The van der Waals surface area contributed by atoms with Crippen LogP contribution in [-0.4, -0.2) is 10.1 Å². The summed E-state index contributed by atoms with van der Waals surface area (Å²) in [5.41, 5.74) is 6.91. The van der Waals surface area contributed by atoms with Crippen molar-refractivity contribution in [2.24, 2.45) is 5.73 Å². The Hall–Kier alpha value is -1.68. The van der Waals surface area contributed by atoms with Gasteiger partial charge in [0.25, 0.3) is 0 Å². The van der Waals surface area contributed by atoms with E-state index in [2.05, 4.69) is 10.1 Å². The molecular weight excluding hydrogens is 166 g/mol. The summed E-state index contributed by atoms with van der Waals surface area (Å²) in [7, 11) is 0. The Morgan fingerprint density at radius 3 is 2.92 bits per heavy atom. The van der Waals surface area contributed by atoms with Gasteiger partial charge in [0, 0.05) is 18.8 Å². The Morgan fingerprint density at radius 2 is 2.31 bits per heavy atom. The maximum atomic E-state index is 5.40. The minimum absolute atomic E-state index is 0.385. The van der Waals surface area contributed by atoms with Crippen molar-refractivity contribution in [2.75, 3.05) is 0 Å². The van der Waals surface area contributed by atoms with Crippen LogP contribution in [0.5, 0.6) is 0 Å². The topological polar surface area (TPSA) is 64.9 Å². The normalized spacial score (nSPS) is 10.2. The zero-order valence-electron chi connectivity index (χ0n) is 6.97. The summed E-state index contributed by atoms with van der Waals surface area (Å²) in [6.45, 7) is 0.385. The highest BCUT2D eigenvalue weighted by Crippen LogP contribution is 2.16. The maximum absolute atomic E-state index is 5.40. The van der Waals surface area contributed by atoms with E-state index >= 15 is 0 Å². The highest BCUT2D eigenvalue weighted by molar-refractivity contribution is 5.51. The third kappa shape index (κ3) is 1.57. The Balaban J connectivity index is 2.36. The minimum atomic E-state index is 0.385. The van der Waals surface area contributed by atoms with Crippen LogP contribution in [0.1, 0.15) is 5.69 Å². The molecule has 0 aliphatic heterocycles. The van der Waals surface area contributed by atoms with Crippen molar-refractivity contribution in [3.8, 4) is 11.5 Å². The van der Waals surface area contributed by atoms with Gasteiger partial charge in [0.05, 0.1) is 5.69 Å². The minimum Gasteiger partial charge on any atom is -0.354 e. The van der Waals surface area contributed by atoms with Crippen LogP contribution in [0, 0.1) is 0 Å². The van der Waals surface area contributed by atoms with Crippen molar-refractivity contribution in [1.82, 2.24) is 10.1 Å². The molecule has 0 radical (unpaired) electrons. The number of nitrogens with zero attached hydrogens (tertiary/aromatic N) is 2. The SMILES string of the molecule is NCc1cc(-c2ccccn2)on1. The summed E-state index contributed by atoms with van der Waals surface area (Å²) in [6, 6.07) is 7.40. The third-order valence-electron chi connectivity index (χ3n) is 1.69. The van der Waals surface area contributed by atoms with Gasteiger partial charge in [-0.25, -0.2) is 0 Å². The molecule has 0 fully saturated rings. The summed E-state index contributed by atoms with van der Waals surface area (Å²) < 4.78 is 5.05. The smallest absolute Gasteiger partial charge is 0.185 e. The second-order valence-corrected chi connectivity index (χ2v) is 2.60. The molecule has 2 N–H and O–H groups in total. The molecule has 0 aliphatic carbocycles. The van der Waals surface area contributed by atoms with Crippen molar-refractivity contribution in [1.29, 1.82) is 0 Å². The first-order chi connectivity index (χ1) is 6.40. The van der Waals surface area contributed by atoms with E-state index in [1.807, 2.05) is 18.2 Å². The first kappa shape index (κ1) is 7.94. The van der Waals surface area contributed by atoms with Gasteiger partial charge in [-0.2, -0.15) is 0 Å². The number of aromatic nitrogens is 2. The number of hydrogen-bond donors (Lipinski definition) is 1. The summed E-state index contributed by atoms with van der Waals surface area (Å²) in [6.07, 6.45) is 1.71. The van der Waals surface area contributed by atoms with Gasteiger partial charge in [-0.15, -0.1) is 0 Å². The maximum Gasteiger partial charge on any atom is 0.185 e. The molecule has 0 aliphatic rings. The molecule has 0 saturated carbocycles. The van der Waals surface area contributed by atoms with Crippen molar-refractivity contribution < 1.29 is 4.52 Å². The molecule has 0 aromatic carbocycles. The molecule has 66 valence electrons. The molecule has 0 spiro atoms. The van der Waals surface area contributed by atoms with Crippen molar-refractivity contribution in [2.45, 2.75) is 6.54 Å². The van der Waals surface area contributed by atoms with Gasteiger partial charge in [0.2, 0.25) is 0 Å². The van der Waals surface area contributed by atoms with E-state index in [4.69, 9.17) is 10.3 Å². The van der Waals surface area contributed by atoms with Gasteiger partial charge in [0.15, 0.2) is 5.76 Å². The average molecular weight is 175 g/mol. The van der Waals surface area contributed by atoms with Crippen LogP contribution in [0.2, 0.25) is 0 Å². The fourth-order valence-electron chi connectivity index (χ4n) is 1.04. The van der Waals surface area contributed by atoms with Gasteiger partial charge in [-0.3, -0.25) is 4.98 Å². The van der Waals surface area contributed by atoms with Gasteiger partial charge in [-0.05, 0) is 12.1 Å². The molecule has 0 atom stereocenters. The fraction of sp³-hybridized carbons (Fsp3) is 0.111. The fourth-order valence-corrected chi connectivity index (χ4v) is 1.04. The molecule has 0 saturated heterocycles. The molecule has 2 aromatic heterocycles. The monoisotopic (exact) mass is 175 g/mol. The average Bonchev–Trinajstić information content (AvgIpc) is 2.67. The Morgan fingerprint density at radius 1 is 1.38 bits per heavy atom. The second-order valence-electron chi connectivity index (χ2n) is 2.60. The molecule has 4 heteroatoms. The van der Waals surface area contributed by atoms with Crippen LogP contribution in [0.25, 0.3) is 11.5 Å². The molecule has 2 rings (SSSR count). The van der Waals surface area contributed by atoms with E-state index in [0.29, 0.717) is 12.3 Å². The van der Waals surface area contributed by atoms with E-state index in [-0.39, 0.29) is 0 Å². The number of hydrogen-bond acceptors (Lipinski definition) is 4. The van der Waals surface area contributed by atoms with Crippen LogP contribution in [0.15, 0.2) is 35.0 Å². The Kier molecular flexibility index (Phi) is 2.06. The van der Waals surface area contributed by atoms with Crippen LogP contribution in [0.3, 0.4) is 0 Å². The summed E-state index contributed by atoms with van der Waals surface area (Å²) >= 11 is 0. The van der Waals surface area contributed by atoms with Gasteiger partial charge in [0.1, 0.15) is 5.69 Å². The molecule has 2 heterocycles. The van der Waals surface area contributed by atoms with E-state index in [1.165, 1.54) is 0 Å². The van der Waals surface area contributed by atoms with Gasteiger partial charge < -0.3 is 10.3 Å². The standard InChI is InChI=1S/C9H9N3O/c10-6-7-5-9(13-12-7)8-3-1-2-4-11-8/h1-5H,6,10H2. The molecule has 0 bridgehead atoms. The quantitative estimate of drug-likeness (QED) is 0.744. The van der Waals surface area contributed by atoms with E-state index in [1.54, 1.807) is 12.3 Å². The lowest BCUT2D eigenvalue weighted by molar-refractivity contribution is 0.422. The van der Waals surface area contributed by atoms with E-state index < -0.39 is 0 Å². The number of pyridine rings is 1. The lowest BCUT2D eigenvalue weighted by atomic mass is 10.2. The van der Waals surface area contributed by atoms with Crippen molar-refractivity contribution in [3.63, 3.8) is 0 Å². The summed E-state index contributed by atoms with van der Waals surface area (Å²) in [5, 5.41) is 3.77. The van der Waals surface area contributed by atoms with Crippen LogP contribution in [0.4, 0.5) is 0 Å². The van der Waals surface area contributed by atoms with Crippen LogP contribution >= 0.6 is 0 Å². The highest BCUT2D eigenvalue weighted by atomic mass is 16.5. The number of nitrogens with two attached hydrogens (primary N) is 1. The zero-order chi connectivity index (χ0) is 9.10. The molecule has 13 heavy (non-hydrogen) atoms. The first-order valence-corrected chi connectivity index (χ1v) is 3.97. The van der Waals surface area contributed by atoms with Crippen molar-refractivity contribution in [3.05, 3.63) is 36.2 Å². The lowest BCUT2D eigenvalue weighted by Gasteiger charge is -1.90. The van der Waals surface area contributed by atoms with E-state index in [9.17, 15) is 0 Å². The highest BCUT2D eigenvalue weighted by Gasteiger charge is 2.05. The zero-order valence-corrected chi connectivity index (χ0v) is 6.97. The second kappa shape index (κ2) is 3.37.